The largest absolute Gasteiger partial charge is 0.390 e. The lowest BCUT2D eigenvalue weighted by Crippen LogP contribution is -2.47. The number of rotatable bonds is 10. The van der Waals surface area contributed by atoms with Gasteiger partial charge in [-0.25, -0.2) is 19.7 Å². The third kappa shape index (κ3) is 6.34. The summed E-state index contributed by atoms with van der Waals surface area (Å²) in [6.45, 7) is 7.04. The summed E-state index contributed by atoms with van der Waals surface area (Å²) in [6, 6.07) is 7.68. The predicted octanol–water partition coefficient (Wildman–Crippen LogP) is 4.64. The first kappa shape index (κ1) is 33.0. The van der Waals surface area contributed by atoms with Crippen LogP contribution in [0.3, 0.4) is 0 Å². The lowest BCUT2D eigenvalue weighted by molar-refractivity contribution is -0.138. The van der Waals surface area contributed by atoms with E-state index in [-0.39, 0.29) is 53.2 Å². The zero-order valence-corrected chi connectivity index (χ0v) is 29.2. The fourth-order valence-corrected chi connectivity index (χ4v) is 7.04. The molecule has 14 heteroatoms. The summed E-state index contributed by atoms with van der Waals surface area (Å²) in [5.74, 6) is -0.539. The SMILES string of the molecule is CC(=O)c1nn(CC(=O)N2[C@H](C(=O)Nc3nc(Br)ccc3C3CC3)C[C@@]3(C)C[C@@H]23)c2ccc(-c3cnc(OC(=O)[C@@H](N)C(C)C)nc3)cc12. The Hall–Kier alpha value is -4.56. The number of halogens is 1. The molecule has 2 aliphatic carbocycles. The van der Waals surface area contributed by atoms with Gasteiger partial charge < -0.3 is 20.7 Å². The first-order valence-electron chi connectivity index (χ1n) is 16.4. The number of nitrogens with two attached hydrogens (primary N) is 1. The Bertz CT molecular complexity index is 2010. The molecule has 0 radical (unpaired) electrons. The number of hydrogen-bond acceptors (Lipinski definition) is 10. The van der Waals surface area contributed by atoms with Crippen LogP contribution >= 0.6 is 15.9 Å². The number of anilines is 1. The van der Waals surface area contributed by atoms with Gasteiger partial charge in [0, 0.05) is 36.3 Å². The van der Waals surface area contributed by atoms with Gasteiger partial charge in [-0.2, -0.15) is 5.10 Å². The number of carbonyl (C=O) groups is 4. The molecule has 2 amide bonds. The minimum atomic E-state index is -0.796. The van der Waals surface area contributed by atoms with Crippen LogP contribution in [-0.4, -0.2) is 71.3 Å². The Balaban J connectivity index is 1.11. The van der Waals surface area contributed by atoms with Crippen LogP contribution in [0.15, 0.2) is 47.3 Å². The number of hydrogen-bond donors (Lipinski definition) is 2. The molecule has 0 bridgehead atoms. The molecule has 49 heavy (non-hydrogen) atoms. The maximum absolute atomic E-state index is 14.0. The van der Waals surface area contributed by atoms with E-state index in [1.807, 2.05) is 32.0 Å². The van der Waals surface area contributed by atoms with Crippen molar-refractivity contribution in [2.45, 2.75) is 84.0 Å². The van der Waals surface area contributed by atoms with Crippen LogP contribution in [-0.2, 0) is 20.9 Å². The highest BCUT2D eigenvalue weighted by Gasteiger charge is 2.64. The van der Waals surface area contributed by atoms with Crippen molar-refractivity contribution >= 4 is 56.2 Å². The molecule has 3 N–H and O–H groups in total. The van der Waals surface area contributed by atoms with Crippen molar-refractivity contribution in [1.82, 2.24) is 29.6 Å². The van der Waals surface area contributed by atoms with Crippen LogP contribution in [0.25, 0.3) is 22.0 Å². The number of amides is 2. The number of fused-ring (bicyclic) bond motifs is 2. The number of piperidine rings is 1. The molecule has 4 atom stereocenters. The van der Waals surface area contributed by atoms with E-state index in [1.165, 1.54) is 24.0 Å². The Morgan fingerprint density at radius 1 is 1.08 bits per heavy atom. The zero-order valence-electron chi connectivity index (χ0n) is 27.6. The van der Waals surface area contributed by atoms with E-state index in [0.29, 0.717) is 44.8 Å². The molecule has 13 nitrogen and oxygen atoms in total. The van der Waals surface area contributed by atoms with Gasteiger partial charge in [-0.15, -0.1) is 0 Å². The number of esters is 1. The Labute approximate surface area is 291 Å². The third-order valence-electron chi connectivity index (χ3n) is 9.89. The molecule has 4 aromatic rings. The van der Waals surface area contributed by atoms with Crippen molar-refractivity contribution in [2.75, 3.05) is 5.32 Å². The lowest BCUT2D eigenvalue weighted by Gasteiger charge is -2.27. The van der Waals surface area contributed by atoms with Gasteiger partial charge in [0.1, 0.15) is 34.7 Å². The van der Waals surface area contributed by atoms with Crippen molar-refractivity contribution in [3.05, 3.63) is 58.6 Å². The number of nitrogens with zero attached hydrogens (tertiary/aromatic N) is 6. The molecule has 3 aliphatic rings. The monoisotopic (exact) mass is 728 g/mol. The number of Topliss-reactive ketones (excluding diaryl/α,β-unsaturated/α-hetero) is 1. The first-order valence-corrected chi connectivity index (χ1v) is 17.2. The zero-order chi connectivity index (χ0) is 34.8. The second kappa shape index (κ2) is 12.4. The highest BCUT2D eigenvalue weighted by atomic mass is 79.9. The number of nitrogens with one attached hydrogen (secondary N) is 1. The molecular weight excluding hydrogens is 692 g/mol. The number of likely N-dealkylation sites (tertiary alicyclic amines) is 1. The minimum Gasteiger partial charge on any atom is -0.390 e. The van der Waals surface area contributed by atoms with Gasteiger partial charge in [-0.3, -0.25) is 19.1 Å². The van der Waals surface area contributed by atoms with Crippen LogP contribution < -0.4 is 15.8 Å². The molecule has 7 rings (SSSR count). The number of ketones is 1. The van der Waals surface area contributed by atoms with Crippen LogP contribution in [0.1, 0.15) is 75.3 Å². The number of pyridine rings is 1. The maximum atomic E-state index is 14.0. The summed E-state index contributed by atoms with van der Waals surface area (Å²) in [5, 5.41) is 8.16. The van der Waals surface area contributed by atoms with Crippen LogP contribution in [0, 0.1) is 11.3 Å². The molecule has 254 valence electrons. The van der Waals surface area contributed by atoms with Gasteiger partial charge in [0.05, 0.1) is 5.52 Å². The Morgan fingerprint density at radius 3 is 2.49 bits per heavy atom. The third-order valence-corrected chi connectivity index (χ3v) is 10.3. The molecule has 1 saturated heterocycles. The normalized spacial score (nSPS) is 21.8. The molecule has 2 saturated carbocycles. The minimum absolute atomic E-state index is 0.0433. The second-order valence-electron chi connectivity index (χ2n) is 14.0. The molecule has 1 aliphatic heterocycles. The van der Waals surface area contributed by atoms with Gasteiger partial charge in [0.15, 0.2) is 5.78 Å². The van der Waals surface area contributed by atoms with Gasteiger partial charge in [-0.1, -0.05) is 32.9 Å². The van der Waals surface area contributed by atoms with E-state index < -0.39 is 18.1 Å². The smallest absolute Gasteiger partial charge is 0.330 e. The highest BCUT2D eigenvalue weighted by Crippen LogP contribution is 2.59. The van der Waals surface area contributed by atoms with Crippen LogP contribution in [0.4, 0.5) is 5.82 Å². The van der Waals surface area contributed by atoms with Crippen molar-refractivity contribution in [2.24, 2.45) is 17.1 Å². The second-order valence-corrected chi connectivity index (χ2v) is 14.8. The Kier molecular flexibility index (Phi) is 8.34. The van der Waals surface area contributed by atoms with Crippen LogP contribution in [0.5, 0.6) is 6.01 Å². The summed E-state index contributed by atoms with van der Waals surface area (Å²) in [5.41, 5.74) is 8.90. The average Bonchev–Trinajstić information content (AvgIpc) is 3.96. The van der Waals surface area contributed by atoms with Gasteiger partial charge in [-0.05, 0) is 88.2 Å². The van der Waals surface area contributed by atoms with E-state index >= 15 is 0 Å². The number of benzene rings is 1. The van der Waals surface area contributed by atoms with Crippen molar-refractivity contribution in [3.8, 4) is 17.1 Å². The standard InChI is InChI=1S/C35H37BrN8O5/c1-17(2)29(37)33(48)49-34-38-14-21(15-39-34)20-7-9-24-23(11-20)30(18(3)45)42-43(24)16-28(46)44-25(12-35(4)13-26(35)44)32(47)41-31-22(19-5-6-19)8-10-27(36)40-31/h7-11,14-15,17,19,25-26,29H,5-6,12-13,16,37H2,1-4H3,(H,40,41,47)/t25-,26+,29-,35-/m0/s1. The summed E-state index contributed by atoms with van der Waals surface area (Å²) < 4.78 is 7.38. The maximum Gasteiger partial charge on any atom is 0.330 e. The molecule has 0 spiro atoms. The van der Waals surface area contributed by atoms with Crippen molar-refractivity contribution in [1.29, 1.82) is 0 Å². The summed E-state index contributed by atoms with van der Waals surface area (Å²) in [4.78, 5) is 67.3. The topological polar surface area (TPSA) is 175 Å². The molecular formula is C35H37BrN8O5. The molecule has 4 heterocycles. The van der Waals surface area contributed by atoms with Crippen molar-refractivity contribution < 1.29 is 23.9 Å². The highest BCUT2D eigenvalue weighted by molar-refractivity contribution is 9.10. The first-order chi connectivity index (χ1) is 23.3. The van der Waals surface area contributed by atoms with E-state index in [9.17, 15) is 19.2 Å². The van der Waals surface area contributed by atoms with E-state index in [4.69, 9.17) is 10.5 Å². The molecule has 0 unspecified atom stereocenters. The Morgan fingerprint density at radius 2 is 1.82 bits per heavy atom. The van der Waals surface area contributed by atoms with Gasteiger partial charge >= 0.3 is 12.0 Å². The van der Waals surface area contributed by atoms with Crippen LogP contribution in [0.2, 0.25) is 0 Å². The summed E-state index contributed by atoms with van der Waals surface area (Å²) in [6.07, 6.45) is 6.55. The van der Waals surface area contributed by atoms with E-state index in [1.54, 1.807) is 17.0 Å². The summed E-state index contributed by atoms with van der Waals surface area (Å²) >= 11 is 3.42. The molecule has 3 fully saturated rings. The summed E-state index contributed by atoms with van der Waals surface area (Å²) in [7, 11) is 0. The number of aromatic nitrogens is 5. The lowest BCUT2D eigenvalue weighted by atomic mass is 10.0. The van der Waals surface area contributed by atoms with Gasteiger partial charge in [0.2, 0.25) is 11.8 Å². The van der Waals surface area contributed by atoms with Gasteiger partial charge in [0.25, 0.3) is 0 Å². The average molecular weight is 730 g/mol. The van der Waals surface area contributed by atoms with Crippen molar-refractivity contribution in [3.63, 3.8) is 0 Å². The number of ether oxygens (including phenoxy) is 1. The molecule has 3 aromatic heterocycles. The molecule has 1 aromatic carbocycles. The predicted molar refractivity (Wildman–Crippen MR) is 184 cm³/mol. The number of carbonyl (C=O) groups excluding carboxylic acids is 4. The fourth-order valence-electron chi connectivity index (χ4n) is 6.73. The van der Waals surface area contributed by atoms with E-state index in [2.05, 4.69) is 48.2 Å². The van der Waals surface area contributed by atoms with E-state index in [0.717, 1.165) is 24.8 Å². The quantitative estimate of drug-likeness (QED) is 0.133. The fraction of sp³-hybridized carbons (Fsp3) is 0.429.